The molecule has 0 aromatic heterocycles. The molecule has 0 saturated carbocycles. The van der Waals surface area contributed by atoms with Crippen LogP contribution >= 0.6 is 0 Å². The van der Waals surface area contributed by atoms with Crippen molar-refractivity contribution in [2.75, 3.05) is 0 Å². The minimum absolute atomic E-state index is 0. The van der Waals surface area contributed by atoms with E-state index in [9.17, 15) is 0 Å². The molecule has 0 fully saturated rings. The third-order valence-corrected chi connectivity index (χ3v) is 1.74. The molecule has 0 N–H and O–H groups in total. The molecule has 0 radical (unpaired) electrons. The topological polar surface area (TPSA) is 0 Å². The SMILES string of the molecule is Cc1ccc(C(C)C)cc1.[ClH2+].[Ru+2]. The van der Waals surface area contributed by atoms with Crippen LogP contribution in [0.1, 0.15) is 30.9 Å². The largest absolute Gasteiger partial charge is 2.00 e. The summed E-state index contributed by atoms with van der Waals surface area (Å²) >= 11 is 0. The van der Waals surface area contributed by atoms with Crippen molar-refractivity contribution >= 4 is 0 Å². The van der Waals surface area contributed by atoms with Gasteiger partial charge in [-0.15, -0.1) is 0 Å². The first-order chi connectivity index (χ1) is 4.70. The zero-order valence-corrected chi connectivity index (χ0v) is 10.3. The third kappa shape index (κ3) is 4.23. The minimum atomic E-state index is 0. The van der Waals surface area contributed by atoms with E-state index < -0.39 is 0 Å². The second kappa shape index (κ2) is 6.63. The van der Waals surface area contributed by atoms with Crippen molar-refractivity contribution in [3.63, 3.8) is 0 Å². The van der Waals surface area contributed by atoms with E-state index >= 15 is 0 Å². The Balaban J connectivity index is 0. The van der Waals surface area contributed by atoms with Gasteiger partial charge in [-0.25, -0.2) is 0 Å². The van der Waals surface area contributed by atoms with Gasteiger partial charge in [0.2, 0.25) is 0 Å². The molecule has 0 heterocycles. The third-order valence-electron chi connectivity index (χ3n) is 1.74. The summed E-state index contributed by atoms with van der Waals surface area (Å²) in [4.78, 5) is 0. The van der Waals surface area contributed by atoms with Gasteiger partial charge < -0.3 is 0 Å². The molecule has 1 rings (SSSR count). The van der Waals surface area contributed by atoms with Gasteiger partial charge in [-0.05, 0) is 18.4 Å². The molecule has 0 spiro atoms. The maximum Gasteiger partial charge on any atom is 2.00 e. The average molecular weight is 273 g/mol. The molecule has 0 aliphatic carbocycles. The summed E-state index contributed by atoms with van der Waals surface area (Å²) in [5.41, 5.74) is 2.76. The van der Waals surface area contributed by atoms with Crippen LogP contribution in [0, 0.1) is 19.3 Å². The van der Waals surface area contributed by atoms with E-state index in [1.54, 1.807) is 0 Å². The Morgan fingerprint density at radius 3 is 1.75 bits per heavy atom. The second-order valence-corrected chi connectivity index (χ2v) is 3.07. The number of aryl methyl sites for hydroxylation is 1. The van der Waals surface area contributed by atoms with Crippen LogP contribution in [0.25, 0.3) is 0 Å². The summed E-state index contributed by atoms with van der Waals surface area (Å²) in [5, 5.41) is 0. The van der Waals surface area contributed by atoms with E-state index in [0.29, 0.717) is 5.92 Å². The van der Waals surface area contributed by atoms with Gasteiger partial charge in [0.15, 0.2) is 0 Å². The van der Waals surface area contributed by atoms with Gasteiger partial charge >= 0.3 is 19.5 Å². The maximum atomic E-state index is 2.21. The summed E-state index contributed by atoms with van der Waals surface area (Å²) in [6.45, 7) is 6.54. The van der Waals surface area contributed by atoms with Crippen molar-refractivity contribution in [1.29, 1.82) is 0 Å². The van der Waals surface area contributed by atoms with Gasteiger partial charge in [-0.2, -0.15) is 0 Å². The Morgan fingerprint density at radius 1 is 1.00 bits per heavy atom. The first-order valence-electron chi connectivity index (χ1n) is 3.76. The number of hydrogen-bond donors (Lipinski definition) is 0. The average Bonchev–Trinajstić information content (AvgIpc) is 1.88. The van der Waals surface area contributed by atoms with Gasteiger partial charge in [-0.3, -0.25) is 0 Å². The van der Waals surface area contributed by atoms with Crippen LogP contribution in [0.4, 0.5) is 0 Å². The molecule has 1 aromatic rings. The van der Waals surface area contributed by atoms with Crippen molar-refractivity contribution in [3.8, 4) is 0 Å². The van der Waals surface area contributed by atoms with Crippen LogP contribution in [0.5, 0.6) is 0 Å². The van der Waals surface area contributed by atoms with Crippen LogP contribution in [0.3, 0.4) is 0 Å². The Labute approximate surface area is 93.9 Å². The molecule has 0 aliphatic heterocycles. The first kappa shape index (κ1) is 14.6. The van der Waals surface area contributed by atoms with Gasteiger partial charge in [0.05, 0.1) is 12.4 Å². The minimum Gasteiger partial charge on any atom is -0.0590 e. The quantitative estimate of drug-likeness (QED) is 0.690. The molecule has 12 heavy (non-hydrogen) atoms. The fraction of sp³-hybridized carbons (Fsp3) is 0.400. The van der Waals surface area contributed by atoms with Crippen LogP contribution in [-0.4, -0.2) is 0 Å². The molecular weight excluding hydrogens is 257 g/mol. The monoisotopic (exact) mass is 273 g/mol. The molecule has 0 bridgehead atoms. The van der Waals surface area contributed by atoms with Crippen LogP contribution < -0.4 is 0 Å². The number of rotatable bonds is 1. The maximum absolute atomic E-state index is 2.21. The number of benzene rings is 1. The van der Waals surface area contributed by atoms with E-state index in [1.165, 1.54) is 11.1 Å². The van der Waals surface area contributed by atoms with Gasteiger partial charge in [0.1, 0.15) is 0 Å². The number of halogens is 1. The molecule has 0 amide bonds. The zero-order chi connectivity index (χ0) is 7.56. The Morgan fingerprint density at radius 2 is 1.42 bits per heavy atom. The Bertz CT molecular complexity index is 204. The van der Waals surface area contributed by atoms with Crippen LogP contribution in [-0.2, 0) is 19.5 Å². The standard InChI is InChI=1S/C10H14.ClH2.Ru/c1-8(2)10-6-4-9(3)5-7-10;;/h4-8H,1-3H3;1H2;/q;+1;+2. The van der Waals surface area contributed by atoms with Crippen LogP contribution in [0.15, 0.2) is 24.3 Å². The molecule has 0 aliphatic rings. The van der Waals surface area contributed by atoms with Gasteiger partial charge in [-0.1, -0.05) is 43.7 Å². The fourth-order valence-electron chi connectivity index (χ4n) is 0.951. The van der Waals surface area contributed by atoms with Crippen LogP contribution in [0.2, 0.25) is 0 Å². The summed E-state index contributed by atoms with van der Waals surface area (Å²) in [7, 11) is 0. The molecule has 68 valence electrons. The zero-order valence-electron chi connectivity index (χ0n) is 7.69. The summed E-state index contributed by atoms with van der Waals surface area (Å²) in [5.74, 6) is 0.653. The summed E-state index contributed by atoms with van der Waals surface area (Å²) in [6, 6.07) is 8.71. The van der Waals surface area contributed by atoms with Gasteiger partial charge in [0.25, 0.3) is 0 Å². The molecule has 2 heteroatoms. The second-order valence-electron chi connectivity index (χ2n) is 3.07. The number of hydrogen-bond acceptors (Lipinski definition) is 0. The molecule has 0 atom stereocenters. The van der Waals surface area contributed by atoms with Crippen molar-refractivity contribution in [3.05, 3.63) is 35.4 Å². The Kier molecular flexibility index (Phi) is 8.09. The van der Waals surface area contributed by atoms with E-state index in [1.807, 2.05) is 0 Å². The molecular formula is C10H16ClRu+3. The van der Waals surface area contributed by atoms with E-state index in [-0.39, 0.29) is 31.9 Å². The fourth-order valence-corrected chi connectivity index (χ4v) is 0.951. The Hall–Kier alpha value is 0.133. The van der Waals surface area contributed by atoms with Crippen molar-refractivity contribution < 1.29 is 31.9 Å². The van der Waals surface area contributed by atoms with E-state index in [0.717, 1.165) is 0 Å². The predicted molar refractivity (Wildman–Crippen MR) is 48.1 cm³/mol. The van der Waals surface area contributed by atoms with Crippen molar-refractivity contribution in [1.82, 2.24) is 0 Å². The van der Waals surface area contributed by atoms with Crippen molar-refractivity contribution in [2.24, 2.45) is 0 Å². The van der Waals surface area contributed by atoms with E-state index in [4.69, 9.17) is 0 Å². The van der Waals surface area contributed by atoms with E-state index in [2.05, 4.69) is 45.0 Å². The van der Waals surface area contributed by atoms with Crippen molar-refractivity contribution in [2.45, 2.75) is 26.7 Å². The first-order valence-corrected chi connectivity index (χ1v) is 3.76. The predicted octanol–water partition coefficient (Wildman–Crippen LogP) is 2.58. The van der Waals surface area contributed by atoms with Gasteiger partial charge in [0, 0.05) is 0 Å². The molecule has 0 unspecified atom stereocenters. The normalized spacial score (nSPS) is 8.67. The molecule has 0 saturated heterocycles. The summed E-state index contributed by atoms with van der Waals surface area (Å²) in [6.07, 6.45) is 0. The summed E-state index contributed by atoms with van der Waals surface area (Å²) < 4.78 is 0. The smallest absolute Gasteiger partial charge is 0.0590 e. The molecule has 0 nitrogen and oxygen atoms in total. The molecule has 1 aromatic carbocycles.